The zero-order chi connectivity index (χ0) is 15.5. The van der Waals surface area contributed by atoms with Crippen LogP contribution in [0, 0.1) is 5.82 Å². The van der Waals surface area contributed by atoms with Gasteiger partial charge in [-0.25, -0.2) is 4.39 Å². The van der Waals surface area contributed by atoms with Crippen molar-refractivity contribution in [3.8, 4) is 11.4 Å². The number of aromatic nitrogens is 4. The Kier molecular flexibility index (Phi) is 4.12. The lowest BCUT2D eigenvalue weighted by atomic mass is 10.3. The van der Waals surface area contributed by atoms with Gasteiger partial charge in [0.15, 0.2) is 0 Å². The van der Waals surface area contributed by atoms with Gasteiger partial charge in [0.2, 0.25) is 11.7 Å². The van der Waals surface area contributed by atoms with Crippen LogP contribution in [0.4, 0.5) is 10.1 Å². The third kappa shape index (κ3) is 3.29. The van der Waals surface area contributed by atoms with Crippen molar-refractivity contribution in [3.05, 3.63) is 45.9 Å². The summed E-state index contributed by atoms with van der Waals surface area (Å²) in [5.41, 5.74) is 0.841. The van der Waals surface area contributed by atoms with Crippen molar-refractivity contribution >= 4 is 34.5 Å². The first-order valence-electron chi connectivity index (χ1n) is 6.17. The second-order valence-electron chi connectivity index (χ2n) is 4.33. The second kappa shape index (κ2) is 6.20. The SMILES string of the molecule is O=C(Cn1nnc(-c2ccsc2)n1)Nc1cc(Cl)ccc1F. The number of carbonyl (C=O) groups excluding carboxylic acids is 1. The van der Waals surface area contributed by atoms with Gasteiger partial charge in [0.25, 0.3) is 0 Å². The van der Waals surface area contributed by atoms with Gasteiger partial charge in [-0.15, -0.1) is 10.2 Å². The number of amides is 1. The number of thiophene rings is 1. The highest BCUT2D eigenvalue weighted by atomic mass is 35.5. The number of nitrogens with zero attached hydrogens (tertiary/aromatic N) is 4. The fourth-order valence-electron chi connectivity index (χ4n) is 1.73. The number of hydrogen-bond acceptors (Lipinski definition) is 5. The topological polar surface area (TPSA) is 72.7 Å². The van der Waals surface area contributed by atoms with Crippen LogP contribution in [0.15, 0.2) is 35.0 Å². The molecule has 22 heavy (non-hydrogen) atoms. The average Bonchev–Trinajstić information content (AvgIpc) is 3.13. The van der Waals surface area contributed by atoms with E-state index in [1.54, 1.807) is 0 Å². The molecule has 0 saturated carbocycles. The molecule has 1 N–H and O–H groups in total. The van der Waals surface area contributed by atoms with Crippen molar-refractivity contribution in [2.45, 2.75) is 6.54 Å². The number of hydrogen-bond donors (Lipinski definition) is 1. The molecule has 0 aliphatic heterocycles. The summed E-state index contributed by atoms with van der Waals surface area (Å²) in [5.74, 6) is -0.610. The highest BCUT2D eigenvalue weighted by Gasteiger charge is 2.11. The van der Waals surface area contributed by atoms with Gasteiger partial charge in [-0.2, -0.15) is 16.1 Å². The van der Waals surface area contributed by atoms with Crippen LogP contribution in [0.25, 0.3) is 11.4 Å². The molecule has 0 unspecified atom stereocenters. The Bertz CT molecular complexity index is 805. The first-order valence-corrected chi connectivity index (χ1v) is 7.49. The largest absolute Gasteiger partial charge is 0.322 e. The van der Waals surface area contributed by atoms with Crippen LogP contribution < -0.4 is 5.32 Å². The summed E-state index contributed by atoms with van der Waals surface area (Å²) in [5, 5.41) is 18.3. The van der Waals surface area contributed by atoms with Crippen molar-refractivity contribution in [2.24, 2.45) is 0 Å². The molecule has 9 heteroatoms. The van der Waals surface area contributed by atoms with Crippen LogP contribution in [0.5, 0.6) is 0 Å². The van der Waals surface area contributed by atoms with Gasteiger partial charge in [-0.3, -0.25) is 4.79 Å². The molecule has 6 nitrogen and oxygen atoms in total. The average molecular weight is 338 g/mol. The van der Waals surface area contributed by atoms with E-state index >= 15 is 0 Å². The lowest BCUT2D eigenvalue weighted by Gasteiger charge is -2.05. The lowest BCUT2D eigenvalue weighted by Crippen LogP contribution is -2.21. The number of carbonyl (C=O) groups is 1. The summed E-state index contributed by atoms with van der Waals surface area (Å²) in [6, 6.07) is 5.77. The molecule has 1 aromatic carbocycles. The summed E-state index contributed by atoms with van der Waals surface area (Å²) >= 11 is 7.28. The molecule has 0 atom stereocenters. The Balaban J connectivity index is 1.68. The second-order valence-corrected chi connectivity index (χ2v) is 5.54. The number of rotatable bonds is 4. The van der Waals surface area contributed by atoms with E-state index in [9.17, 15) is 9.18 Å². The maximum absolute atomic E-state index is 13.5. The molecule has 0 aliphatic carbocycles. The van der Waals surface area contributed by atoms with Gasteiger partial charge >= 0.3 is 0 Å². The Morgan fingerprint density at radius 2 is 2.27 bits per heavy atom. The minimum atomic E-state index is -0.566. The molecular weight excluding hydrogens is 329 g/mol. The highest BCUT2D eigenvalue weighted by molar-refractivity contribution is 7.08. The van der Waals surface area contributed by atoms with E-state index < -0.39 is 11.7 Å². The Hall–Kier alpha value is -2.32. The van der Waals surface area contributed by atoms with E-state index in [1.165, 1.54) is 29.5 Å². The molecule has 0 aliphatic rings. The molecule has 3 rings (SSSR count). The van der Waals surface area contributed by atoms with E-state index in [0.29, 0.717) is 10.8 Å². The molecule has 0 saturated heterocycles. The monoisotopic (exact) mass is 337 g/mol. The quantitative estimate of drug-likeness (QED) is 0.794. The van der Waals surface area contributed by atoms with Crippen molar-refractivity contribution in [2.75, 3.05) is 5.32 Å². The van der Waals surface area contributed by atoms with Crippen LogP contribution in [-0.2, 0) is 11.3 Å². The molecule has 2 aromatic heterocycles. The minimum absolute atomic E-state index is 0.00988. The van der Waals surface area contributed by atoms with Gasteiger partial charge in [-0.05, 0) is 34.9 Å². The molecule has 0 bridgehead atoms. The van der Waals surface area contributed by atoms with Crippen LogP contribution in [-0.4, -0.2) is 26.1 Å². The maximum atomic E-state index is 13.5. The third-order valence-corrected chi connectivity index (χ3v) is 3.64. The van der Waals surface area contributed by atoms with Crippen LogP contribution in [0.1, 0.15) is 0 Å². The normalized spacial score (nSPS) is 10.6. The third-order valence-electron chi connectivity index (χ3n) is 2.72. The van der Waals surface area contributed by atoms with Gasteiger partial charge in [0.1, 0.15) is 12.4 Å². The zero-order valence-corrected chi connectivity index (χ0v) is 12.6. The van der Waals surface area contributed by atoms with Gasteiger partial charge < -0.3 is 5.32 Å². The van der Waals surface area contributed by atoms with Crippen molar-refractivity contribution in [1.82, 2.24) is 20.2 Å². The van der Waals surface area contributed by atoms with Crippen LogP contribution in [0.2, 0.25) is 5.02 Å². The predicted molar refractivity (Wildman–Crippen MR) is 81.2 cm³/mol. The Morgan fingerprint density at radius 3 is 3.05 bits per heavy atom. The summed E-state index contributed by atoms with van der Waals surface area (Å²) in [6.07, 6.45) is 0. The van der Waals surface area contributed by atoms with Crippen molar-refractivity contribution in [1.29, 1.82) is 0 Å². The number of benzene rings is 1. The smallest absolute Gasteiger partial charge is 0.248 e. The van der Waals surface area contributed by atoms with Gasteiger partial charge in [0, 0.05) is 16.0 Å². The van der Waals surface area contributed by atoms with E-state index in [1.807, 2.05) is 16.8 Å². The van der Waals surface area contributed by atoms with Crippen LogP contribution in [0.3, 0.4) is 0 Å². The molecular formula is C13H9ClFN5OS. The number of tetrazole rings is 1. The fraction of sp³-hybridized carbons (Fsp3) is 0.0769. The van der Waals surface area contributed by atoms with E-state index in [2.05, 4.69) is 20.7 Å². The predicted octanol–water partition coefficient (Wildman–Crippen LogP) is 2.83. The summed E-state index contributed by atoms with van der Waals surface area (Å²) in [4.78, 5) is 13.0. The van der Waals surface area contributed by atoms with Crippen molar-refractivity contribution < 1.29 is 9.18 Å². The van der Waals surface area contributed by atoms with E-state index in [0.717, 1.165) is 10.4 Å². The van der Waals surface area contributed by atoms with Gasteiger partial charge in [-0.1, -0.05) is 11.6 Å². The first-order chi connectivity index (χ1) is 10.6. The molecule has 0 radical (unpaired) electrons. The molecule has 0 spiro atoms. The number of halogens is 2. The molecule has 112 valence electrons. The minimum Gasteiger partial charge on any atom is -0.322 e. The molecule has 1 amide bonds. The number of nitrogens with one attached hydrogen (secondary N) is 1. The van der Waals surface area contributed by atoms with Gasteiger partial charge in [0.05, 0.1) is 5.69 Å². The fourth-order valence-corrected chi connectivity index (χ4v) is 2.54. The summed E-state index contributed by atoms with van der Waals surface area (Å²) < 4.78 is 13.5. The Morgan fingerprint density at radius 1 is 1.41 bits per heavy atom. The van der Waals surface area contributed by atoms with Crippen molar-refractivity contribution in [3.63, 3.8) is 0 Å². The number of anilines is 1. The standard InChI is InChI=1S/C13H9ClFN5OS/c14-9-1-2-10(15)11(5-9)16-12(21)6-20-18-13(17-19-20)8-3-4-22-7-8/h1-5,7H,6H2,(H,16,21). The lowest BCUT2D eigenvalue weighted by molar-refractivity contribution is -0.117. The summed E-state index contributed by atoms with van der Waals surface area (Å²) in [6.45, 7) is -0.177. The highest BCUT2D eigenvalue weighted by Crippen LogP contribution is 2.19. The van der Waals surface area contributed by atoms with E-state index in [4.69, 9.17) is 11.6 Å². The molecule has 0 fully saturated rings. The molecule has 3 aromatic rings. The summed E-state index contributed by atoms with van der Waals surface area (Å²) in [7, 11) is 0. The van der Waals surface area contributed by atoms with Crippen LogP contribution >= 0.6 is 22.9 Å². The Labute approximate surface area is 133 Å². The zero-order valence-electron chi connectivity index (χ0n) is 11.0. The van der Waals surface area contributed by atoms with E-state index in [-0.39, 0.29) is 12.2 Å². The molecule has 2 heterocycles. The maximum Gasteiger partial charge on any atom is 0.248 e. The first kappa shape index (κ1) is 14.6.